The normalized spacial score (nSPS) is 12.3. The van der Waals surface area contributed by atoms with Gasteiger partial charge < -0.3 is 14.9 Å². The highest BCUT2D eigenvalue weighted by Crippen LogP contribution is 2.25. The molecule has 7 nitrogen and oxygen atoms in total. The summed E-state index contributed by atoms with van der Waals surface area (Å²) >= 11 is 0. The summed E-state index contributed by atoms with van der Waals surface area (Å²) in [5, 5.41) is 16.6. The second kappa shape index (κ2) is 8.86. The zero-order valence-corrected chi connectivity index (χ0v) is 16.8. The number of carboxylic acid groups (broad SMARTS) is 1. The summed E-state index contributed by atoms with van der Waals surface area (Å²) in [5.74, 6) is -1.05. The van der Waals surface area contributed by atoms with E-state index in [1.807, 2.05) is 44.2 Å². The molecule has 1 atom stereocenters. The second-order valence-electron chi connectivity index (χ2n) is 7.49. The van der Waals surface area contributed by atoms with Gasteiger partial charge >= 0.3 is 5.97 Å². The van der Waals surface area contributed by atoms with Crippen molar-refractivity contribution in [3.63, 3.8) is 0 Å². The molecule has 0 aliphatic rings. The van der Waals surface area contributed by atoms with Gasteiger partial charge in [-0.2, -0.15) is 0 Å². The molecule has 0 spiro atoms. The van der Waals surface area contributed by atoms with Crippen molar-refractivity contribution < 1.29 is 19.2 Å². The summed E-state index contributed by atoms with van der Waals surface area (Å²) in [5.41, 5.74) is 3.16. The molecule has 2 aromatic heterocycles. The number of aromatic nitrogens is 2. The highest BCUT2D eigenvalue weighted by Gasteiger charge is 2.22. The molecule has 0 saturated heterocycles. The Hall–Kier alpha value is -3.22. The van der Waals surface area contributed by atoms with E-state index >= 15 is 0 Å². The molecule has 0 aliphatic heterocycles. The molecule has 3 rings (SSSR count). The lowest BCUT2D eigenvalue weighted by Crippen LogP contribution is -2.37. The number of nitrogens with one attached hydrogen (secondary N) is 1. The molecular weight excluding hydrogens is 370 g/mol. The van der Waals surface area contributed by atoms with Gasteiger partial charge in [0, 0.05) is 18.2 Å². The van der Waals surface area contributed by atoms with E-state index in [0.29, 0.717) is 35.2 Å². The minimum atomic E-state index is -0.888. The van der Waals surface area contributed by atoms with E-state index in [9.17, 15) is 9.59 Å². The minimum Gasteiger partial charge on any atom is -0.481 e. The van der Waals surface area contributed by atoms with Crippen LogP contribution in [-0.2, 0) is 11.2 Å². The summed E-state index contributed by atoms with van der Waals surface area (Å²) in [6, 6.07) is 11.2. The molecule has 1 unspecified atom stereocenters. The van der Waals surface area contributed by atoms with Gasteiger partial charge in [-0.3, -0.25) is 9.59 Å². The Morgan fingerprint density at radius 1 is 1.21 bits per heavy atom. The van der Waals surface area contributed by atoms with Crippen molar-refractivity contribution in [3.05, 3.63) is 58.9 Å². The predicted molar refractivity (Wildman–Crippen MR) is 109 cm³/mol. The van der Waals surface area contributed by atoms with Crippen molar-refractivity contribution in [2.75, 3.05) is 0 Å². The number of aliphatic carboxylic acids is 1. The Labute approximate surface area is 169 Å². The van der Waals surface area contributed by atoms with Gasteiger partial charge in [0.05, 0.1) is 16.6 Å². The topological polar surface area (TPSA) is 105 Å². The molecule has 0 bridgehead atoms. The van der Waals surface area contributed by atoms with Gasteiger partial charge in [0.25, 0.3) is 11.6 Å². The zero-order chi connectivity index (χ0) is 21.0. The summed E-state index contributed by atoms with van der Waals surface area (Å²) in [7, 11) is 0. The molecule has 2 heterocycles. The molecule has 7 heteroatoms. The lowest BCUT2D eigenvalue weighted by atomic mass is 10.00. The van der Waals surface area contributed by atoms with Crippen molar-refractivity contribution in [3.8, 4) is 0 Å². The Morgan fingerprint density at radius 2 is 1.93 bits per heavy atom. The quantitative estimate of drug-likeness (QED) is 0.600. The molecule has 3 aromatic rings. The van der Waals surface area contributed by atoms with Crippen molar-refractivity contribution >= 4 is 23.0 Å². The number of carboxylic acids is 1. The van der Waals surface area contributed by atoms with Gasteiger partial charge in [0.2, 0.25) is 0 Å². The van der Waals surface area contributed by atoms with Crippen molar-refractivity contribution in [2.24, 2.45) is 0 Å². The molecule has 2 N–H and O–H groups in total. The fourth-order valence-corrected chi connectivity index (χ4v) is 3.27. The molecule has 0 saturated carbocycles. The van der Waals surface area contributed by atoms with Gasteiger partial charge in [-0.15, -0.1) is 0 Å². The second-order valence-corrected chi connectivity index (χ2v) is 7.49. The fraction of sp³-hybridized carbons (Fsp3) is 0.364. The van der Waals surface area contributed by atoms with Crippen LogP contribution in [0, 0.1) is 6.92 Å². The summed E-state index contributed by atoms with van der Waals surface area (Å²) in [6.07, 6.45) is 0.866. The molecule has 152 valence electrons. The average molecular weight is 395 g/mol. The number of benzene rings is 1. The number of carbonyl (C=O) groups excluding carboxylic acids is 1. The average Bonchev–Trinajstić information content (AvgIpc) is 3.07. The van der Waals surface area contributed by atoms with Crippen molar-refractivity contribution in [1.82, 2.24) is 15.5 Å². The summed E-state index contributed by atoms with van der Waals surface area (Å²) < 4.78 is 5.29. The zero-order valence-electron chi connectivity index (χ0n) is 16.8. The number of pyridine rings is 1. The SMILES string of the molecule is Cc1noc2nc(C(C)C)cc(C(=O)NC(CCC(=O)O)Cc3ccccc3)c12. The molecule has 0 radical (unpaired) electrons. The first-order chi connectivity index (χ1) is 13.8. The van der Waals surface area contributed by atoms with E-state index in [0.717, 1.165) is 11.3 Å². The maximum Gasteiger partial charge on any atom is 0.303 e. The highest BCUT2D eigenvalue weighted by atomic mass is 16.5. The van der Waals surface area contributed by atoms with E-state index in [4.69, 9.17) is 9.63 Å². The number of hydrogen-bond donors (Lipinski definition) is 2. The summed E-state index contributed by atoms with van der Waals surface area (Å²) in [4.78, 5) is 28.7. The number of nitrogens with zero attached hydrogens (tertiary/aromatic N) is 2. The van der Waals surface area contributed by atoms with Crippen LogP contribution in [0.1, 0.15) is 59.9 Å². The number of rotatable bonds is 8. The van der Waals surface area contributed by atoms with E-state index in [2.05, 4.69) is 15.5 Å². The first-order valence-electron chi connectivity index (χ1n) is 9.68. The van der Waals surface area contributed by atoms with E-state index in [1.54, 1.807) is 13.0 Å². The standard InChI is InChI=1S/C22H25N3O4/c1-13(2)18-12-17(20-14(3)25-29-22(20)24-18)21(28)23-16(9-10-19(26)27)11-15-7-5-4-6-8-15/h4-8,12-13,16H,9-11H2,1-3H3,(H,23,28)(H,26,27). The molecule has 1 aromatic carbocycles. The van der Waals surface area contributed by atoms with Gasteiger partial charge in [-0.1, -0.05) is 49.3 Å². The third-order valence-electron chi connectivity index (χ3n) is 4.84. The molecule has 0 aliphatic carbocycles. The van der Waals surface area contributed by atoms with E-state index in [1.165, 1.54) is 0 Å². The van der Waals surface area contributed by atoms with Crippen LogP contribution in [0.5, 0.6) is 0 Å². The number of carbonyl (C=O) groups is 2. The molecular formula is C22H25N3O4. The number of aryl methyl sites for hydroxylation is 1. The number of fused-ring (bicyclic) bond motifs is 1. The van der Waals surface area contributed by atoms with Crippen LogP contribution in [0.25, 0.3) is 11.1 Å². The van der Waals surface area contributed by atoms with Crippen LogP contribution in [0.4, 0.5) is 0 Å². The minimum absolute atomic E-state index is 0.0208. The Morgan fingerprint density at radius 3 is 2.59 bits per heavy atom. The highest BCUT2D eigenvalue weighted by molar-refractivity contribution is 6.06. The third kappa shape index (κ3) is 4.99. The van der Waals surface area contributed by atoms with Crippen LogP contribution >= 0.6 is 0 Å². The van der Waals surface area contributed by atoms with E-state index in [-0.39, 0.29) is 24.3 Å². The first-order valence-corrected chi connectivity index (χ1v) is 9.68. The summed E-state index contributed by atoms with van der Waals surface area (Å²) in [6.45, 7) is 5.75. The Balaban J connectivity index is 1.90. The monoisotopic (exact) mass is 395 g/mol. The van der Waals surface area contributed by atoms with Crippen LogP contribution in [0.15, 0.2) is 40.9 Å². The molecule has 1 amide bonds. The Kier molecular flexibility index (Phi) is 6.26. The lowest BCUT2D eigenvalue weighted by Gasteiger charge is -2.19. The largest absolute Gasteiger partial charge is 0.481 e. The molecule has 0 fully saturated rings. The van der Waals surface area contributed by atoms with Gasteiger partial charge in [0.1, 0.15) is 0 Å². The predicted octanol–water partition coefficient (Wildman–Crippen LogP) is 3.86. The lowest BCUT2D eigenvalue weighted by molar-refractivity contribution is -0.137. The van der Waals surface area contributed by atoms with Crippen molar-refractivity contribution in [1.29, 1.82) is 0 Å². The smallest absolute Gasteiger partial charge is 0.303 e. The van der Waals surface area contributed by atoms with Gasteiger partial charge in [0.15, 0.2) is 0 Å². The maximum absolute atomic E-state index is 13.2. The maximum atomic E-state index is 13.2. The Bertz CT molecular complexity index is 1010. The number of hydrogen-bond acceptors (Lipinski definition) is 5. The number of amides is 1. The van der Waals surface area contributed by atoms with Crippen LogP contribution < -0.4 is 5.32 Å². The van der Waals surface area contributed by atoms with Crippen LogP contribution in [0.3, 0.4) is 0 Å². The first kappa shape index (κ1) is 20.5. The third-order valence-corrected chi connectivity index (χ3v) is 4.84. The van der Waals surface area contributed by atoms with Gasteiger partial charge in [-0.05, 0) is 37.3 Å². The fourth-order valence-electron chi connectivity index (χ4n) is 3.27. The van der Waals surface area contributed by atoms with Gasteiger partial charge in [-0.25, -0.2) is 4.98 Å². The molecule has 29 heavy (non-hydrogen) atoms. The van der Waals surface area contributed by atoms with E-state index < -0.39 is 5.97 Å². The van der Waals surface area contributed by atoms with Crippen molar-refractivity contribution in [2.45, 2.75) is 52.0 Å². The van der Waals surface area contributed by atoms with Crippen LogP contribution in [-0.4, -0.2) is 33.2 Å². The van der Waals surface area contributed by atoms with Crippen LogP contribution in [0.2, 0.25) is 0 Å².